The first-order chi connectivity index (χ1) is 5.81. The Balaban J connectivity index is 2.82. The summed E-state index contributed by atoms with van der Waals surface area (Å²) in [4.78, 5) is 4.17. The molecule has 4 heteroatoms. The summed E-state index contributed by atoms with van der Waals surface area (Å²) in [6, 6.07) is 6.61. The predicted octanol–water partition coefficient (Wildman–Crippen LogP) is 1.64. The summed E-state index contributed by atoms with van der Waals surface area (Å²) in [6.07, 6.45) is 1.08. The molecule has 0 atom stereocenters. The highest BCUT2D eigenvalue weighted by molar-refractivity contribution is 5.76. The first-order valence-electron chi connectivity index (χ1n) is 3.34. The van der Waals surface area contributed by atoms with E-state index in [4.69, 9.17) is 5.26 Å². The monoisotopic (exact) mass is 161 g/mol. The number of fused-ring (bicyclic) bond motifs is 1. The largest absolute Gasteiger partial charge is 0.234 e. The summed E-state index contributed by atoms with van der Waals surface area (Å²) in [6.45, 7) is 0. The molecule has 0 saturated carbocycles. The molecule has 2 aromatic rings. The quantitative estimate of drug-likeness (QED) is 0.589. The Bertz CT molecular complexity index is 467. The van der Waals surface area contributed by atoms with E-state index in [2.05, 4.69) is 4.98 Å². The SMILES string of the molecule is N#Cc1ccc2ncn(F)c2c1. The summed E-state index contributed by atoms with van der Waals surface area (Å²) in [5.41, 5.74) is 1.31. The molecule has 0 amide bonds. The van der Waals surface area contributed by atoms with Crippen molar-refractivity contribution in [1.82, 2.24) is 9.77 Å². The number of hydrogen-bond donors (Lipinski definition) is 0. The number of nitrogens with zero attached hydrogens (tertiary/aromatic N) is 3. The van der Waals surface area contributed by atoms with Gasteiger partial charge in [0.1, 0.15) is 11.8 Å². The van der Waals surface area contributed by atoms with Crippen molar-refractivity contribution in [3.8, 4) is 6.07 Å². The maximum absolute atomic E-state index is 12.8. The standard InChI is InChI=1S/C8H4FN3/c9-12-5-11-7-2-1-6(4-10)3-8(7)12/h1-3,5H. The Labute approximate surface area is 67.6 Å². The topological polar surface area (TPSA) is 41.6 Å². The number of benzene rings is 1. The lowest BCUT2D eigenvalue weighted by Gasteiger charge is -1.89. The van der Waals surface area contributed by atoms with E-state index in [1.54, 1.807) is 12.1 Å². The summed E-state index contributed by atoms with van der Waals surface area (Å²) in [5, 5.41) is 8.52. The number of rotatable bonds is 0. The van der Waals surface area contributed by atoms with Gasteiger partial charge in [0.25, 0.3) is 0 Å². The van der Waals surface area contributed by atoms with Crippen LogP contribution < -0.4 is 0 Å². The summed E-state index contributed by atoms with van der Waals surface area (Å²) in [5.74, 6) is 0. The fourth-order valence-corrected chi connectivity index (χ4v) is 1.05. The van der Waals surface area contributed by atoms with Gasteiger partial charge >= 0.3 is 0 Å². The fraction of sp³-hybridized carbons (Fsp3) is 0. The van der Waals surface area contributed by atoms with E-state index in [1.165, 1.54) is 6.07 Å². The van der Waals surface area contributed by atoms with E-state index < -0.39 is 0 Å². The zero-order chi connectivity index (χ0) is 8.55. The van der Waals surface area contributed by atoms with Crippen LogP contribution in [-0.2, 0) is 0 Å². The third kappa shape index (κ3) is 0.839. The second-order valence-electron chi connectivity index (χ2n) is 2.37. The van der Waals surface area contributed by atoms with Gasteiger partial charge in [0, 0.05) is 0 Å². The van der Waals surface area contributed by atoms with Crippen LogP contribution in [-0.4, -0.2) is 9.77 Å². The Morgan fingerprint density at radius 1 is 1.50 bits per heavy atom. The zero-order valence-electron chi connectivity index (χ0n) is 6.03. The molecule has 0 bridgehead atoms. The van der Waals surface area contributed by atoms with E-state index >= 15 is 0 Å². The second-order valence-corrected chi connectivity index (χ2v) is 2.37. The molecule has 0 spiro atoms. The zero-order valence-corrected chi connectivity index (χ0v) is 6.03. The molecule has 3 nitrogen and oxygen atoms in total. The van der Waals surface area contributed by atoms with Crippen LogP contribution in [0, 0.1) is 11.3 Å². The van der Waals surface area contributed by atoms with Gasteiger partial charge in [0.2, 0.25) is 0 Å². The molecule has 0 N–H and O–H groups in total. The maximum atomic E-state index is 12.8. The Hall–Kier alpha value is -1.89. The van der Waals surface area contributed by atoms with Gasteiger partial charge in [-0.15, -0.1) is 0 Å². The van der Waals surface area contributed by atoms with Gasteiger partial charge in [0.05, 0.1) is 17.1 Å². The summed E-state index contributed by atoms with van der Waals surface area (Å²) >= 11 is 0. The fourth-order valence-electron chi connectivity index (χ4n) is 1.05. The van der Waals surface area contributed by atoms with E-state index in [9.17, 15) is 4.48 Å². The van der Waals surface area contributed by atoms with Crippen molar-refractivity contribution in [2.75, 3.05) is 0 Å². The number of halogens is 1. The average molecular weight is 161 g/mol. The molecule has 0 radical (unpaired) electrons. The molecule has 0 unspecified atom stereocenters. The third-order valence-electron chi connectivity index (χ3n) is 1.63. The van der Waals surface area contributed by atoms with Crippen LogP contribution in [0.3, 0.4) is 0 Å². The van der Waals surface area contributed by atoms with Gasteiger partial charge in [-0.05, 0) is 18.2 Å². The highest BCUT2D eigenvalue weighted by Gasteiger charge is 2.01. The number of aromatic nitrogens is 2. The highest BCUT2D eigenvalue weighted by atomic mass is 19.2. The van der Waals surface area contributed by atoms with Gasteiger partial charge in [0.15, 0.2) is 0 Å². The van der Waals surface area contributed by atoms with Crippen molar-refractivity contribution in [2.45, 2.75) is 0 Å². The van der Waals surface area contributed by atoms with Crippen LogP contribution in [0.15, 0.2) is 24.5 Å². The summed E-state index contributed by atoms with van der Waals surface area (Å²) < 4.78 is 12.8. The Kier molecular flexibility index (Phi) is 1.31. The van der Waals surface area contributed by atoms with Gasteiger partial charge in [-0.2, -0.15) is 10.1 Å². The van der Waals surface area contributed by atoms with E-state index in [0.717, 1.165) is 6.33 Å². The molecule has 58 valence electrons. The van der Waals surface area contributed by atoms with Crippen molar-refractivity contribution in [1.29, 1.82) is 5.26 Å². The van der Waals surface area contributed by atoms with Gasteiger partial charge in [-0.3, -0.25) is 0 Å². The third-order valence-corrected chi connectivity index (χ3v) is 1.63. The number of nitriles is 1. The van der Waals surface area contributed by atoms with Crippen LogP contribution in [0.5, 0.6) is 0 Å². The molecule has 0 fully saturated rings. The minimum atomic E-state index is 0.328. The lowest BCUT2D eigenvalue weighted by atomic mass is 10.2. The second kappa shape index (κ2) is 2.31. The average Bonchev–Trinajstić information content (AvgIpc) is 2.47. The smallest absolute Gasteiger partial charge is 0.127 e. The molecule has 2 rings (SSSR count). The first-order valence-corrected chi connectivity index (χ1v) is 3.34. The lowest BCUT2D eigenvalue weighted by molar-refractivity contribution is 0.384. The van der Waals surface area contributed by atoms with Crippen LogP contribution in [0.2, 0.25) is 0 Å². The van der Waals surface area contributed by atoms with Crippen molar-refractivity contribution < 1.29 is 4.48 Å². The van der Waals surface area contributed by atoms with Crippen LogP contribution in [0.4, 0.5) is 4.48 Å². The van der Waals surface area contributed by atoms with Crippen LogP contribution >= 0.6 is 0 Å². The summed E-state index contributed by atoms with van der Waals surface area (Å²) in [7, 11) is 0. The van der Waals surface area contributed by atoms with Gasteiger partial charge in [-0.1, -0.05) is 4.48 Å². The molecule has 0 saturated heterocycles. The van der Waals surface area contributed by atoms with E-state index in [1.807, 2.05) is 6.07 Å². The molecule has 0 aliphatic carbocycles. The first kappa shape index (κ1) is 6.80. The lowest BCUT2D eigenvalue weighted by Crippen LogP contribution is -1.79. The van der Waals surface area contributed by atoms with Crippen LogP contribution in [0.1, 0.15) is 5.56 Å². The van der Waals surface area contributed by atoms with Crippen molar-refractivity contribution >= 4 is 11.0 Å². The van der Waals surface area contributed by atoms with Crippen LogP contribution in [0.25, 0.3) is 11.0 Å². The molecule has 0 aliphatic heterocycles. The minimum Gasteiger partial charge on any atom is -0.234 e. The van der Waals surface area contributed by atoms with Crippen molar-refractivity contribution in [3.05, 3.63) is 30.1 Å². The minimum absolute atomic E-state index is 0.328. The van der Waals surface area contributed by atoms with Crippen molar-refractivity contribution in [3.63, 3.8) is 0 Å². The molecular formula is C8H4FN3. The maximum Gasteiger partial charge on any atom is 0.127 e. The van der Waals surface area contributed by atoms with E-state index in [0.29, 0.717) is 21.4 Å². The number of imidazole rings is 1. The molecule has 1 heterocycles. The van der Waals surface area contributed by atoms with Gasteiger partial charge in [-0.25, -0.2) is 4.98 Å². The Morgan fingerprint density at radius 3 is 3.08 bits per heavy atom. The highest BCUT2D eigenvalue weighted by Crippen LogP contribution is 2.13. The molecule has 12 heavy (non-hydrogen) atoms. The molecule has 0 aliphatic rings. The normalized spacial score (nSPS) is 10.0. The molecule has 1 aromatic carbocycles. The number of hydrogen-bond acceptors (Lipinski definition) is 2. The predicted molar refractivity (Wildman–Crippen MR) is 41.0 cm³/mol. The Morgan fingerprint density at radius 2 is 2.33 bits per heavy atom. The molecule has 1 aromatic heterocycles. The van der Waals surface area contributed by atoms with Gasteiger partial charge < -0.3 is 0 Å². The van der Waals surface area contributed by atoms with E-state index in [-0.39, 0.29) is 0 Å². The van der Waals surface area contributed by atoms with Crippen molar-refractivity contribution in [2.24, 2.45) is 0 Å². The molecular weight excluding hydrogens is 157 g/mol.